The molecule has 10 nitrogen and oxygen atoms in total. The van der Waals surface area contributed by atoms with E-state index >= 15 is 0 Å². The lowest BCUT2D eigenvalue weighted by Crippen LogP contribution is -2.29. The van der Waals surface area contributed by atoms with Crippen molar-refractivity contribution in [2.24, 2.45) is 0 Å². The van der Waals surface area contributed by atoms with Gasteiger partial charge in [-0.2, -0.15) is 0 Å². The van der Waals surface area contributed by atoms with E-state index in [1.807, 2.05) is 12.1 Å². The highest BCUT2D eigenvalue weighted by Crippen LogP contribution is 2.31. The number of fused-ring (bicyclic) bond motifs is 1. The van der Waals surface area contributed by atoms with Gasteiger partial charge in [-0.25, -0.2) is 9.07 Å². The molecule has 0 aliphatic carbocycles. The second kappa shape index (κ2) is 11.1. The van der Waals surface area contributed by atoms with Gasteiger partial charge in [0.25, 0.3) is 5.56 Å². The molecular weight excluding hydrogens is 479 g/mol. The molecule has 0 unspecified atom stereocenters. The second-order valence-corrected chi connectivity index (χ2v) is 9.10. The van der Waals surface area contributed by atoms with Gasteiger partial charge in [0, 0.05) is 36.7 Å². The smallest absolute Gasteiger partial charge is 0.252 e. The van der Waals surface area contributed by atoms with Crippen molar-refractivity contribution >= 4 is 10.9 Å². The lowest BCUT2D eigenvalue weighted by molar-refractivity contribution is 0.0914. The number of methoxy groups -OCH3 is 2. The van der Waals surface area contributed by atoms with Crippen molar-refractivity contribution < 1.29 is 18.6 Å². The molecule has 194 valence electrons. The van der Waals surface area contributed by atoms with E-state index in [1.54, 1.807) is 37.1 Å². The lowest BCUT2D eigenvalue weighted by atomic mass is 10.1. The van der Waals surface area contributed by atoms with Gasteiger partial charge in [0.15, 0.2) is 17.3 Å². The summed E-state index contributed by atoms with van der Waals surface area (Å²) in [5.41, 5.74) is 1.92. The Morgan fingerprint density at radius 1 is 1.11 bits per heavy atom. The van der Waals surface area contributed by atoms with Crippen LogP contribution in [0.4, 0.5) is 4.39 Å². The van der Waals surface area contributed by atoms with Crippen LogP contribution in [0.1, 0.15) is 29.8 Å². The number of hydrogen-bond acceptors (Lipinski definition) is 8. The van der Waals surface area contributed by atoms with Crippen LogP contribution in [0, 0.1) is 5.82 Å². The summed E-state index contributed by atoms with van der Waals surface area (Å²) >= 11 is 0. The van der Waals surface area contributed by atoms with Gasteiger partial charge in [-0.1, -0.05) is 12.1 Å². The first-order valence-electron chi connectivity index (χ1n) is 12.1. The maximum absolute atomic E-state index is 13.5. The van der Waals surface area contributed by atoms with Crippen LogP contribution in [0.3, 0.4) is 0 Å². The summed E-state index contributed by atoms with van der Waals surface area (Å²) in [6, 6.07) is 11.8. The Morgan fingerprint density at radius 2 is 1.89 bits per heavy atom. The Balaban J connectivity index is 1.44. The van der Waals surface area contributed by atoms with Crippen molar-refractivity contribution in [3.63, 3.8) is 0 Å². The molecule has 0 radical (unpaired) electrons. The lowest BCUT2D eigenvalue weighted by Gasteiger charge is -2.22. The number of pyridine rings is 1. The summed E-state index contributed by atoms with van der Waals surface area (Å²) < 4.78 is 31.8. The molecular formula is C26H29FN6O4. The minimum Gasteiger partial charge on any atom is -0.493 e. The summed E-state index contributed by atoms with van der Waals surface area (Å²) in [7, 11) is 3.12. The molecule has 0 saturated carbocycles. The number of ether oxygens (including phenoxy) is 3. The van der Waals surface area contributed by atoms with Gasteiger partial charge >= 0.3 is 0 Å². The predicted molar refractivity (Wildman–Crippen MR) is 134 cm³/mol. The number of rotatable bonds is 10. The molecule has 1 aliphatic heterocycles. The number of nitrogens with one attached hydrogen (secondary N) is 1. The van der Waals surface area contributed by atoms with E-state index in [4.69, 9.17) is 14.2 Å². The van der Waals surface area contributed by atoms with Gasteiger partial charge in [0.05, 0.1) is 38.9 Å². The maximum Gasteiger partial charge on any atom is 0.252 e. The van der Waals surface area contributed by atoms with Crippen molar-refractivity contribution in [1.82, 2.24) is 30.1 Å². The third kappa shape index (κ3) is 5.78. The highest BCUT2D eigenvalue weighted by Gasteiger charge is 2.21. The zero-order chi connectivity index (χ0) is 25.8. The molecule has 1 N–H and O–H groups in total. The van der Waals surface area contributed by atoms with Crippen molar-refractivity contribution in [3.8, 4) is 11.5 Å². The number of H-pyrrole nitrogens is 1. The molecule has 0 bridgehead atoms. The van der Waals surface area contributed by atoms with Gasteiger partial charge in [-0.3, -0.25) is 9.69 Å². The third-order valence-corrected chi connectivity index (χ3v) is 6.51. The average Bonchev–Trinajstić information content (AvgIpc) is 3.57. The summed E-state index contributed by atoms with van der Waals surface area (Å²) in [6.07, 6.45) is 2.09. The van der Waals surface area contributed by atoms with Crippen LogP contribution >= 0.6 is 0 Å². The van der Waals surface area contributed by atoms with Gasteiger partial charge in [-0.15, -0.1) is 5.10 Å². The molecule has 37 heavy (non-hydrogen) atoms. The molecule has 1 atom stereocenters. The number of benzene rings is 2. The van der Waals surface area contributed by atoms with Crippen LogP contribution in [0.5, 0.6) is 11.5 Å². The van der Waals surface area contributed by atoms with Crippen LogP contribution < -0.4 is 15.0 Å². The summed E-state index contributed by atoms with van der Waals surface area (Å²) in [5, 5.41) is 13.1. The van der Waals surface area contributed by atoms with E-state index in [2.05, 4.69) is 25.4 Å². The predicted octanol–water partition coefficient (Wildman–Crippen LogP) is 3.05. The fourth-order valence-electron chi connectivity index (χ4n) is 4.61. The molecule has 3 heterocycles. The number of aromatic amines is 1. The van der Waals surface area contributed by atoms with Gasteiger partial charge in [0.1, 0.15) is 5.82 Å². The maximum atomic E-state index is 13.5. The number of aromatic nitrogens is 5. The molecule has 0 spiro atoms. The molecule has 2 aromatic heterocycles. The summed E-state index contributed by atoms with van der Waals surface area (Å²) in [5.74, 6) is 1.48. The van der Waals surface area contributed by atoms with E-state index < -0.39 is 0 Å². The monoisotopic (exact) mass is 508 g/mol. The molecule has 2 aromatic carbocycles. The highest BCUT2D eigenvalue weighted by atomic mass is 19.1. The minimum absolute atomic E-state index is 0.0862. The van der Waals surface area contributed by atoms with E-state index in [9.17, 15) is 9.18 Å². The molecule has 1 fully saturated rings. The Labute approximate surface area is 213 Å². The van der Waals surface area contributed by atoms with Crippen LogP contribution in [-0.4, -0.2) is 57.0 Å². The molecule has 1 saturated heterocycles. The molecule has 0 amide bonds. The van der Waals surface area contributed by atoms with Gasteiger partial charge in [0.2, 0.25) is 0 Å². The number of tetrazole rings is 1. The summed E-state index contributed by atoms with van der Waals surface area (Å²) in [4.78, 5) is 18.1. The Morgan fingerprint density at radius 3 is 2.62 bits per heavy atom. The first kappa shape index (κ1) is 24.8. The van der Waals surface area contributed by atoms with Crippen LogP contribution in [0.25, 0.3) is 10.9 Å². The summed E-state index contributed by atoms with van der Waals surface area (Å²) in [6.45, 7) is 2.51. The molecule has 5 rings (SSSR count). The first-order chi connectivity index (χ1) is 18.0. The van der Waals surface area contributed by atoms with Crippen molar-refractivity contribution in [2.45, 2.75) is 45.1 Å². The molecule has 11 heteroatoms. The zero-order valence-corrected chi connectivity index (χ0v) is 20.8. The number of nitrogens with zero attached hydrogens (tertiary/aromatic N) is 5. The van der Waals surface area contributed by atoms with E-state index in [0.717, 1.165) is 30.4 Å². The Hall–Kier alpha value is -3.83. The fraction of sp³-hybridized carbons (Fsp3) is 0.385. The van der Waals surface area contributed by atoms with Crippen molar-refractivity contribution in [3.05, 3.63) is 75.6 Å². The Kier molecular flexibility index (Phi) is 7.42. The largest absolute Gasteiger partial charge is 0.493 e. The SMILES string of the molecule is COc1cc2cc(CN(Cc3ccc(F)cc3)Cc3nnnn3C[C@H]3CCCO3)c(=O)[nH]c2cc1OC. The van der Waals surface area contributed by atoms with E-state index in [-0.39, 0.29) is 17.5 Å². The standard InChI is InChI=1S/C26H29FN6O4/c1-35-23-11-18-10-19(26(34)28-22(18)12-24(23)36-2)14-32(13-17-5-7-20(27)8-6-17)16-25-29-30-31-33(25)15-21-4-3-9-37-21/h5-8,10-12,21H,3-4,9,13-16H2,1-2H3,(H,28,34)/t21-/m1/s1. The van der Waals surface area contributed by atoms with Crippen molar-refractivity contribution in [1.29, 1.82) is 0 Å². The zero-order valence-electron chi connectivity index (χ0n) is 20.8. The Bertz CT molecular complexity index is 1420. The quantitative estimate of drug-likeness (QED) is 0.348. The average molecular weight is 509 g/mol. The number of hydrogen-bond donors (Lipinski definition) is 1. The third-order valence-electron chi connectivity index (χ3n) is 6.51. The van der Waals surface area contributed by atoms with Crippen molar-refractivity contribution in [2.75, 3.05) is 20.8 Å². The van der Waals surface area contributed by atoms with Gasteiger partial charge in [-0.05, 0) is 53.1 Å². The topological polar surface area (TPSA) is 107 Å². The molecule has 1 aliphatic rings. The van der Waals surface area contributed by atoms with Crippen LogP contribution in [0.2, 0.25) is 0 Å². The normalized spacial score (nSPS) is 15.5. The number of halogens is 1. The van der Waals surface area contributed by atoms with E-state index in [1.165, 1.54) is 12.1 Å². The van der Waals surface area contributed by atoms with E-state index in [0.29, 0.717) is 54.6 Å². The highest BCUT2D eigenvalue weighted by molar-refractivity contribution is 5.83. The first-order valence-corrected chi connectivity index (χ1v) is 12.1. The van der Waals surface area contributed by atoms with Gasteiger partial charge < -0.3 is 19.2 Å². The van der Waals surface area contributed by atoms with Crippen LogP contribution in [-0.2, 0) is 30.9 Å². The molecule has 4 aromatic rings. The fourth-order valence-corrected chi connectivity index (χ4v) is 4.61. The van der Waals surface area contributed by atoms with Crippen LogP contribution in [0.15, 0.2) is 47.3 Å². The second-order valence-electron chi connectivity index (χ2n) is 9.10. The minimum atomic E-state index is -0.300.